The number of fused-ring (bicyclic) bond motifs is 6. The van der Waals surface area contributed by atoms with Crippen molar-refractivity contribution in [2.45, 2.75) is 47.0 Å². The third-order valence-electron chi connectivity index (χ3n) is 9.01. The standard InChI is InChI=1S/C37H28S6/c1-18-32(20(3)38-34(18)28-16-30-36(42-28)24-10-5-7-14-26(24)40-30)22-12-9-13-23(22)33-19(2)35(39-21(33)4)29-17-31-37(43-29)25-11-6-8-15-27(25)41-31/h5-8,10-11,14-17H,9,12-13H2,1-4H3. The van der Waals surface area contributed by atoms with E-state index in [2.05, 4.69) is 88.4 Å². The molecule has 8 aromatic rings. The van der Waals surface area contributed by atoms with Gasteiger partial charge in [-0.3, -0.25) is 0 Å². The van der Waals surface area contributed by atoms with Gasteiger partial charge in [-0.1, -0.05) is 36.4 Å². The number of allylic oxidation sites excluding steroid dienone is 2. The summed E-state index contributed by atoms with van der Waals surface area (Å²) < 4.78 is 8.53. The quantitative estimate of drug-likeness (QED) is 0.176. The van der Waals surface area contributed by atoms with Gasteiger partial charge >= 0.3 is 0 Å². The zero-order valence-corrected chi connectivity index (χ0v) is 29.2. The Morgan fingerprint density at radius 3 is 1.40 bits per heavy atom. The molecule has 0 bridgehead atoms. The van der Waals surface area contributed by atoms with E-state index < -0.39 is 0 Å². The van der Waals surface area contributed by atoms with Crippen molar-refractivity contribution in [3.8, 4) is 19.5 Å². The van der Waals surface area contributed by atoms with Crippen molar-refractivity contribution in [1.82, 2.24) is 0 Å². The molecule has 0 N–H and O–H groups in total. The van der Waals surface area contributed by atoms with Gasteiger partial charge in [-0.15, -0.1) is 68.0 Å². The normalized spacial score (nSPS) is 14.1. The van der Waals surface area contributed by atoms with Gasteiger partial charge in [-0.25, -0.2) is 0 Å². The molecule has 0 amide bonds. The van der Waals surface area contributed by atoms with Crippen LogP contribution in [0.3, 0.4) is 0 Å². The molecule has 0 atom stereocenters. The molecule has 1 aliphatic carbocycles. The van der Waals surface area contributed by atoms with Crippen LogP contribution in [0.15, 0.2) is 60.7 Å². The predicted molar refractivity (Wildman–Crippen MR) is 201 cm³/mol. The molecule has 0 aliphatic heterocycles. The summed E-state index contributed by atoms with van der Waals surface area (Å²) in [5, 5.41) is 2.81. The minimum absolute atomic E-state index is 1.18. The maximum atomic E-state index is 2.45. The molecule has 2 aromatic carbocycles. The first kappa shape index (κ1) is 26.8. The molecule has 1 aliphatic rings. The first-order valence-electron chi connectivity index (χ1n) is 14.7. The first-order chi connectivity index (χ1) is 21.0. The maximum absolute atomic E-state index is 2.45. The van der Waals surface area contributed by atoms with Crippen LogP contribution in [-0.2, 0) is 0 Å². The largest absolute Gasteiger partial charge is 0.139 e. The van der Waals surface area contributed by atoms with E-state index in [4.69, 9.17) is 0 Å². The lowest BCUT2D eigenvalue weighted by Gasteiger charge is -2.11. The van der Waals surface area contributed by atoms with Crippen LogP contribution < -0.4 is 0 Å². The first-order valence-corrected chi connectivity index (χ1v) is 19.6. The second-order valence-corrected chi connectivity index (χ2v) is 18.3. The van der Waals surface area contributed by atoms with E-state index in [1.807, 2.05) is 68.0 Å². The number of aryl methyl sites for hydroxylation is 2. The summed E-state index contributed by atoms with van der Waals surface area (Å²) in [5.74, 6) is 0. The zero-order chi connectivity index (χ0) is 29.0. The van der Waals surface area contributed by atoms with Crippen LogP contribution in [0.2, 0.25) is 0 Å². The molecule has 0 nitrogen and oxygen atoms in total. The van der Waals surface area contributed by atoms with E-state index in [-0.39, 0.29) is 0 Å². The third kappa shape index (κ3) is 4.00. The second-order valence-electron chi connectivity index (χ2n) is 11.6. The highest BCUT2D eigenvalue weighted by Gasteiger charge is 2.28. The van der Waals surface area contributed by atoms with Crippen LogP contribution in [0.25, 0.3) is 69.6 Å². The van der Waals surface area contributed by atoms with Crippen molar-refractivity contribution >= 4 is 118 Å². The Kier molecular flexibility index (Phi) is 6.21. The van der Waals surface area contributed by atoms with E-state index in [1.165, 1.54) is 110 Å². The van der Waals surface area contributed by atoms with Gasteiger partial charge in [0.2, 0.25) is 0 Å². The molecule has 0 saturated carbocycles. The number of benzene rings is 2. The van der Waals surface area contributed by atoms with Gasteiger partial charge in [0.25, 0.3) is 0 Å². The molecule has 9 rings (SSSR count). The smallest absolute Gasteiger partial charge is 0.0536 e. The number of hydrogen-bond acceptors (Lipinski definition) is 6. The zero-order valence-electron chi connectivity index (χ0n) is 24.3. The topological polar surface area (TPSA) is 0 Å². The summed E-state index contributed by atoms with van der Waals surface area (Å²) in [4.78, 5) is 8.74. The summed E-state index contributed by atoms with van der Waals surface area (Å²) in [7, 11) is 0. The van der Waals surface area contributed by atoms with Crippen LogP contribution in [-0.4, -0.2) is 0 Å². The van der Waals surface area contributed by atoms with Gasteiger partial charge < -0.3 is 0 Å². The molecular formula is C37H28S6. The van der Waals surface area contributed by atoms with Crippen LogP contribution in [0, 0.1) is 27.7 Å². The van der Waals surface area contributed by atoms with Crippen molar-refractivity contribution in [1.29, 1.82) is 0 Å². The lowest BCUT2D eigenvalue weighted by Crippen LogP contribution is -1.91. The molecule has 0 radical (unpaired) electrons. The van der Waals surface area contributed by atoms with Crippen LogP contribution in [0.1, 0.15) is 51.3 Å². The molecule has 212 valence electrons. The van der Waals surface area contributed by atoms with E-state index in [1.54, 1.807) is 11.1 Å². The fourth-order valence-corrected chi connectivity index (χ4v) is 14.9. The molecule has 6 heterocycles. The Morgan fingerprint density at radius 2 is 0.930 bits per heavy atom. The van der Waals surface area contributed by atoms with Gasteiger partial charge in [-0.2, -0.15) is 0 Å². The molecular weight excluding hydrogens is 637 g/mol. The average Bonchev–Trinajstić information content (AvgIpc) is 3.83. The molecule has 0 unspecified atom stereocenters. The van der Waals surface area contributed by atoms with Crippen molar-refractivity contribution in [2.75, 3.05) is 0 Å². The fraction of sp³-hybridized carbons (Fsp3) is 0.189. The predicted octanol–water partition coefficient (Wildman–Crippen LogP) is 14.3. The Morgan fingerprint density at radius 1 is 0.488 bits per heavy atom. The highest BCUT2D eigenvalue weighted by molar-refractivity contribution is 7.35. The maximum Gasteiger partial charge on any atom is 0.0536 e. The summed E-state index contributed by atoms with van der Waals surface area (Å²) in [6, 6.07) is 22.6. The minimum Gasteiger partial charge on any atom is -0.139 e. The van der Waals surface area contributed by atoms with Gasteiger partial charge in [0.05, 0.1) is 9.40 Å². The highest BCUT2D eigenvalue weighted by Crippen LogP contribution is 2.53. The van der Waals surface area contributed by atoms with E-state index in [0.29, 0.717) is 0 Å². The van der Waals surface area contributed by atoms with Crippen LogP contribution in [0.5, 0.6) is 0 Å². The summed E-state index contributed by atoms with van der Waals surface area (Å²) in [5.41, 5.74) is 9.23. The Hall–Kier alpha value is -2.58. The average molecular weight is 665 g/mol. The van der Waals surface area contributed by atoms with Gasteiger partial charge in [0.1, 0.15) is 0 Å². The Balaban J connectivity index is 1.15. The number of hydrogen-bond donors (Lipinski definition) is 0. The van der Waals surface area contributed by atoms with Crippen molar-refractivity contribution in [3.63, 3.8) is 0 Å². The molecule has 43 heavy (non-hydrogen) atoms. The monoisotopic (exact) mass is 664 g/mol. The van der Waals surface area contributed by atoms with E-state index in [0.717, 1.165) is 0 Å². The SMILES string of the molecule is Cc1sc(-c2cc3sc4ccccc4c3s2)c(C)c1C1=C(c2c(C)sc(-c3cc4sc5ccccc5c4s3)c2C)CCC1. The summed E-state index contributed by atoms with van der Waals surface area (Å²) in [6.07, 6.45) is 3.62. The number of thiophene rings is 6. The Labute approximate surface area is 275 Å². The second kappa shape index (κ2) is 9.96. The third-order valence-corrected chi connectivity index (χ3v) is 16.6. The fourth-order valence-electron chi connectivity index (χ4n) is 7.18. The molecule has 6 aromatic heterocycles. The minimum atomic E-state index is 1.18. The van der Waals surface area contributed by atoms with Gasteiger partial charge in [0, 0.05) is 58.8 Å². The summed E-state index contributed by atoms with van der Waals surface area (Å²) in [6.45, 7) is 9.47. The van der Waals surface area contributed by atoms with Crippen molar-refractivity contribution < 1.29 is 0 Å². The van der Waals surface area contributed by atoms with Gasteiger partial charge in [0.15, 0.2) is 0 Å². The van der Waals surface area contributed by atoms with E-state index >= 15 is 0 Å². The lowest BCUT2D eigenvalue weighted by molar-refractivity contribution is 0.940. The van der Waals surface area contributed by atoms with Crippen molar-refractivity contribution in [2.24, 2.45) is 0 Å². The van der Waals surface area contributed by atoms with Crippen LogP contribution in [0.4, 0.5) is 0 Å². The lowest BCUT2D eigenvalue weighted by atomic mass is 9.92. The molecule has 0 fully saturated rings. The van der Waals surface area contributed by atoms with E-state index in [9.17, 15) is 0 Å². The van der Waals surface area contributed by atoms with Crippen molar-refractivity contribution in [3.05, 3.63) is 92.7 Å². The highest BCUT2D eigenvalue weighted by atomic mass is 32.1. The molecule has 0 saturated heterocycles. The molecule has 0 spiro atoms. The van der Waals surface area contributed by atoms with Gasteiger partial charge in [-0.05, 0) is 105 Å². The Bertz CT molecular complexity index is 2250. The number of rotatable bonds is 4. The molecule has 6 heteroatoms. The van der Waals surface area contributed by atoms with Crippen LogP contribution >= 0.6 is 68.0 Å². The summed E-state index contributed by atoms with van der Waals surface area (Å²) >= 11 is 11.8.